The summed E-state index contributed by atoms with van der Waals surface area (Å²) in [5, 5.41) is 5.47. The summed E-state index contributed by atoms with van der Waals surface area (Å²) < 4.78 is 7.85. The number of amides is 1. The van der Waals surface area contributed by atoms with Crippen molar-refractivity contribution in [3.63, 3.8) is 0 Å². The van der Waals surface area contributed by atoms with Gasteiger partial charge in [0.05, 0.1) is 23.9 Å². The van der Waals surface area contributed by atoms with E-state index in [-0.39, 0.29) is 11.8 Å². The summed E-state index contributed by atoms with van der Waals surface area (Å²) in [6.45, 7) is 2.31. The summed E-state index contributed by atoms with van der Waals surface area (Å²) in [4.78, 5) is 19.9. The largest absolute Gasteiger partial charge is 0.479 e. The summed E-state index contributed by atoms with van der Waals surface area (Å²) in [6, 6.07) is 13.6. The van der Waals surface area contributed by atoms with Gasteiger partial charge >= 0.3 is 0 Å². The number of fused-ring (bicyclic) bond motifs is 1. The van der Waals surface area contributed by atoms with E-state index in [1.54, 1.807) is 22.8 Å². The van der Waals surface area contributed by atoms with Gasteiger partial charge in [-0.1, -0.05) is 53.3 Å². The van der Waals surface area contributed by atoms with E-state index in [1.165, 1.54) is 18.4 Å². The minimum absolute atomic E-state index is 0.221. The molecule has 0 aliphatic rings. The minimum atomic E-state index is -0.221. The van der Waals surface area contributed by atoms with Gasteiger partial charge < -0.3 is 4.74 Å². The van der Waals surface area contributed by atoms with E-state index in [1.807, 2.05) is 49.4 Å². The molecule has 0 saturated heterocycles. The van der Waals surface area contributed by atoms with Crippen LogP contribution in [0.15, 0.2) is 48.7 Å². The predicted octanol–water partition coefficient (Wildman–Crippen LogP) is 4.85. The first-order chi connectivity index (χ1) is 14.0. The van der Waals surface area contributed by atoms with Crippen molar-refractivity contribution in [1.29, 1.82) is 0 Å². The Morgan fingerprint density at radius 3 is 2.72 bits per heavy atom. The van der Waals surface area contributed by atoms with E-state index in [0.29, 0.717) is 22.3 Å². The van der Waals surface area contributed by atoms with Crippen LogP contribution < -0.4 is 9.64 Å². The third-order valence-electron chi connectivity index (χ3n) is 4.61. The number of aryl methyl sites for hydroxylation is 2. The van der Waals surface area contributed by atoms with Gasteiger partial charge in [0, 0.05) is 18.3 Å². The van der Waals surface area contributed by atoms with Crippen LogP contribution in [0.3, 0.4) is 0 Å². The maximum Gasteiger partial charge on any atom is 0.267 e. The maximum absolute atomic E-state index is 13.5. The second kappa shape index (κ2) is 7.85. The zero-order valence-corrected chi connectivity index (χ0v) is 17.8. The van der Waals surface area contributed by atoms with Crippen LogP contribution in [-0.4, -0.2) is 27.8 Å². The van der Waals surface area contributed by atoms with E-state index >= 15 is 0 Å². The lowest BCUT2D eigenvalue weighted by Crippen LogP contribution is -2.30. The fraction of sp³-hybridized carbons (Fsp3) is 0.190. The van der Waals surface area contributed by atoms with Crippen molar-refractivity contribution in [3.8, 4) is 5.88 Å². The van der Waals surface area contributed by atoms with Crippen molar-refractivity contribution < 1.29 is 9.53 Å². The van der Waals surface area contributed by atoms with Crippen LogP contribution in [-0.2, 0) is 13.6 Å². The van der Waals surface area contributed by atoms with Crippen molar-refractivity contribution in [1.82, 2.24) is 14.8 Å². The Hall–Kier alpha value is -2.90. The molecule has 1 amide bonds. The molecule has 0 N–H and O–H groups in total. The summed E-state index contributed by atoms with van der Waals surface area (Å²) in [7, 11) is 3.26. The fourth-order valence-corrected chi connectivity index (χ4v) is 4.28. The molecule has 29 heavy (non-hydrogen) atoms. The number of anilines is 1. The Labute approximate surface area is 177 Å². The lowest BCUT2D eigenvalue weighted by atomic mass is 10.2. The molecule has 0 aliphatic carbocycles. The van der Waals surface area contributed by atoms with Crippen LogP contribution in [0, 0.1) is 6.92 Å². The third-order valence-corrected chi connectivity index (χ3v) is 6.07. The van der Waals surface area contributed by atoms with E-state index in [2.05, 4.69) is 5.10 Å². The molecule has 0 radical (unpaired) electrons. The molecule has 2 heterocycles. The fourth-order valence-electron chi connectivity index (χ4n) is 3.11. The van der Waals surface area contributed by atoms with Gasteiger partial charge in [-0.15, -0.1) is 5.10 Å². The normalized spacial score (nSPS) is 11.0. The van der Waals surface area contributed by atoms with E-state index < -0.39 is 0 Å². The highest BCUT2D eigenvalue weighted by Gasteiger charge is 2.26. The second-order valence-corrected chi connectivity index (χ2v) is 8.03. The Morgan fingerprint density at radius 2 is 2.00 bits per heavy atom. The average molecular weight is 427 g/mol. The SMILES string of the molecule is COc1nn(C)cc1C(=O)N(Cc1ccccc1)c1nc2c(C)c(Cl)ccc2s1. The molecule has 0 aliphatic heterocycles. The molecule has 0 saturated carbocycles. The van der Waals surface area contributed by atoms with Crippen LogP contribution >= 0.6 is 22.9 Å². The topological polar surface area (TPSA) is 60.3 Å². The summed E-state index contributed by atoms with van der Waals surface area (Å²) in [5.41, 5.74) is 3.09. The average Bonchev–Trinajstić information content (AvgIpc) is 3.33. The zero-order valence-electron chi connectivity index (χ0n) is 16.2. The molecule has 2 aromatic heterocycles. The third kappa shape index (κ3) is 3.71. The standard InChI is InChI=1S/C21H19ClN4O2S/c1-13-16(22)9-10-17-18(13)23-21(29-17)26(11-14-7-5-4-6-8-14)20(27)15-12-25(2)24-19(15)28-3/h4-10,12H,11H2,1-3H3. The molecular weight excluding hydrogens is 408 g/mol. The monoisotopic (exact) mass is 426 g/mol. The molecule has 6 nitrogen and oxygen atoms in total. The van der Waals surface area contributed by atoms with E-state index in [9.17, 15) is 4.79 Å². The van der Waals surface area contributed by atoms with Gasteiger partial charge in [0.15, 0.2) is 5.13 Å². The lowest BCUT2D eigenvalue weighted by molar-refractivity contribution is 0.0982. The number of nitrogens with zero attached hydrogens (tertiary/aromatic N) is 4. The Bertz CT molecular complexity index is 1190. The highest BCUT2D eigenvalue weighted by molar-refractivity contribution is 7.22. The highest BCUT2D eigenvalue weighted by Crippen LogP contribution is 2.35. The van der Waals surface area contributed by atoms with E-state index in [4.69, 9.17) is 21.3 Å². The molecule has 0 bridgehead atoms. The molecule has 0 atom stereocenters. The van der Waals surface area contributed by atoms with Gasteiger partial charge in [-0.25, -0.2) is 4.98 Å². The minimum Gasteiger partial charge on any atom is -0.479 e. The number of carbonyl (C=O) groups is 1. The van der Waals surface area contributed by atoms with Gasteiger partial charge in [0.25, 0.3) is 5.91 Å². The smallest absolute Gasteiger partial charge is 0.267 e. The van der Waals surface area contributed by atoms with Crippen molar-refractivity contribution >= 4 is 44.2 Å². The van der Waals surface area contributed by atoms with Crippen molar-refractivity contribution in [2.24, 2.45) is 7.05 Å². The van der Waals surface area contributed by atoms with Crippen molar-refractivity contribution in [3.05, 3.63) is 70.4 Å². The molecule has 4 rings (SSSR count). The predicted molar refractivity (Wildman–Crippen MR) is 116 cm³/mol. The molecule has 8 heteroatoms. The summed E-state index contributed by atoms with van der Waals surface area (Å²) in [6.07, 6.45) is 1.66. The second-order valence-electron chi connectivity index (χ2n) is 6.62. The molecule has 0 fully saturated rings. The maximum atomic E-state index is 13.5. The first-order valence-electron chi connectivity index (χ1n) is 8.97. The summed E-state index contributed by atoms with van der Waals surface area (Å²) in [5.74, 6) is 0.0671. The van der Waals surface area contributed by atoms with Gasteiger partial charge in [-0.3, -0.25) is 14.4 Å². The Kier molecular flexibility index (Phi) is 5.25. The van der Waals surface area contributed by atoms with Crippen LogP contribution in [0.1, 0.15) is 21.5 Å². The van der Waals surface area contributed by atoms with Crippen LogP contribution in [0.5, 0.6) is 5.88 Å². The Morgan fingerprint density at radius 1 is 1.24 bits per heavy atom. The molecule has 148 valence electrons. The lowest BCUT2D eigenvalue weighted by Gasteiger charge is -2.19. The molecule has 4 aromatic rings. The number of carbonyl (C=O) groups excluding carboxylic acids is 1. The highest BCUT2D eigenvalue weighted by atomic mass is 35.5. The van der Waals surface area contributed by atoms with Crippen molar-refractivity contribution in [2.45, 2.75) is 13.5 Å². The molecule has 0 spiro atoms. The van der Waals surface area contributed by atoms with Crippen LogP contribution in [0.25, 0.3) is 10.2 Å². The number of aromatic nitrogens is 3. The zero-order chi connectivity index (χ0) is 20.5. The molecule has 2 aromatic carbocycles. The number of ether oxygens (including phenoxy) is 1. The number of thiazole rings is 1. The quantitative estimate of drug-likeness (QED) is 0.457. The number of benzene rings is 2. The van der Waals surface area contributed by atoms with E-state index in [0.717, 1.165) is 21.3 Å². The van der Waals surface area contributed by atoms with Crippen molar-refractivity contribution in [2.75, 3.05) is 12.0 Å². The number of rotatable bonds is 5. The number of hydrogen-bond acceptors (Lipinski definition) is 5. The van der Waals surface area contributed by atoms with Crippen LogP contribution in [0.2, 0.25) is 5.02 Å². The van der Waals surface area contributed by atoms with Crippen LogP contribution in [0.4, 0.5) is 5.13 Å². The number of methoxy groups -OCH3 is 1. The number of hydrogen-bond donors (Lipinski definition) is 0. The van der Waals surface area contributed by atoms with Gasteiger partial charge in [0.1, 0.15) is 5.56 Å². The first-order valence-corrected chi connectivity index (χ1v) is 10.2. The molecule has 0 unspecified atom stereocenters. The number of halogens is 1. The first kappa shape index (κ1) is 19.4. The van der Waals surface area contributed by atoms with Gasteiger partial charge in [0.2, 0.25) is 5.88 Å². The molecular formula is C21H19ClN4O2S. The summed E-state index contributed by atoms with van der Waals surface area (Å²) >= 11 is 7.72. The Balaban J connectivity index is 1.82. The van der Waals surface area contributed by atoms with Gasteiger partial charge in [-0.2, -0.15) is 0 Å². The van der Waals surface area contributed by atoms with Gasteiger partial charge in [-0.05, 0) is 30.2 Å².